The van der Waals surface area contributed by atoms with Crippen LogP contribution in [0.3, 0.4) is 0 Å². The number of Topliss-reactive ketones (excluding diaryl/α,β-unsaturated/α-hetero) is 1. The maximum Gasteiger partial charge on any atom is 0.160 e. The third-order valence-electron chi connectivity index (χ3n) is 3.07. The summed E-state index contributed by atoms with van der Waals surface area (Å²) < 4.78 is 5.32. The van der Waals surface area contributed by atoms with Crippen molar-refractivity contribution in [2.75, 3.05) is 0 Å². The average molecular weight is 236 g/mol. The Kier molecular flexibility index (Phi) is 2.49. The first-order valence-corrected chi connectivity index (χ1v) is 5.83. The fourth-order valence-electron chi connectivity index (χ4n) is 2.18. The maximum absolute atomic E-state index is 11.6. The zero-order valence-corrected chi connectivity index (χ0v) is 10.0. The second-order valence-electron chi connectivity index (χ2n) is 4.27. The number of hydrogen-bond acceptors (Lipinski definition) is 2. The van der Waals surface area contributed by atoms with E-state index in [2.05, 4.69) is 0 Å². The molecule has 0 saturated heterocycles. The molecule has 18 heavy (non-hydrogen) atoms. The van der Waals surface area contributed by atoms with Gasteiger partial charge in [0.2, 0.25) is 0 Å². The van der Waals surface area contributed by atoms with Crippen LogP contribution in [0.4, 0.5) is 0 Å². The summed E-state index contributed by atoms with van der Waals surface area (Å²) >= 11 is 0. The zero-order chi connectivity index (χ0) is 12.5. The molecule has 88 valence electrons. The molecule has 0 fully saturated rings. The van der Waals surface area contributed by atoms with Gasteiger partial charge in [0.25, 0.3) is 0 Å². The molecule has 1 heterocycles. The summed E-state index contributed by atoms with van der Waals surface area (Å²) in [6.45, 7) is 1.59. The van der Waals surface area contributed by atoms with Crippen molar-refractivity contribution in [1.82, 2.24) is 0 Å². The maximum atomic E-state index is 11.6. The second kappa shape index (κ2) is 4.15. The Morgan fingerprint density at radius 3 is 2.72 bits per heavy atom. The van der Waals surface area contributed by atoms with E-state index in [0.717, 1.165) is 27.7 Å². The number of fused-ring (bicyclic) bond motifs is 1. The quantitative estimate of drug-likeness (QED) is 0.621. The summed E-state index contributed by atoms with van der Waals surface area (Å²) in [5.41, 5.74) is 3.61. The number of benzene rings is 2. The molecule has 0 bridgehead atoms. The third-order valence-corrected chi connectivity index (χ3v) is 3.07. The van der Waals surface area contributed by atoms with Gasteiger partial charge in [-0.15, -0.1) is 0 Å². The number of carbonyl (C=O) groups excluding carboxylic acids is 1. The minimum atomic E-state index is 0.0814. The molecule has 2 heteroatoms. The fraction of sp³-hybridized carbons (Fsp3) is 0.0625. The molecular weight excluding hydrogens is 224 g/mol. The highest BCUT2D eigenvalue weighted by Gasteiger charge is 2.09. The predicted molar refractivity (Wildman–Crippen MR) is 71.7 cm³/mol. The number of ketones is 1. The van der Waals surface area contributed by atoms with Gasteiger partial charge < -0.3 is 4.42 Å². The summed E-state index contributed by atoms with van der Waals surface area (Å²) in [5.74, 6) is 0.0814. The summed E-state index contributed by atoms with van der Waals surface area (Å²) in [7, 11) is 0. The molecule has 0 aliphatic heterocycles. The average Bonchev–Trinajstić information content (AvgIpc) is 2.85. The van der Waals surface area contributed by atoms with Crippen molar-refractivity contribution in [2.45, 2.75) is 6.92 Å². The highest BCUT2D eigenvalue weighted by Crippen LogP contribution is 2.27. The molecule has 1 aromatic heterocycles. The van der Waals surface area contributed by atoms with E-state index in [0.29, 0.717) is 0 Å². The second-order valence-corrected chi connectivity index (χ2v) is 4.27. The predicted octanol–water partition coefficient (Wildman–Crippen LogP) is 4.30. The Bertz CT molecular complexity index is 723. The number of carbonyl (C=O) groups is 1. The van der Waals surface area contributed by atoms with Crippen molar-refractivity contribution in [1.29, 1.82) is 0 Å². The van der Waals surface area contributed by atoms with Crippen molar-refractivity contribution in [3.05, 3.63) is 60.4 Å². The molecule has 0 unspecified atom stereocenters. The van der Waals surface area contributed by atoms with Gasteiger partial charge in [0, 0.05) is 10.9 Å². The van der Waals surface area contributed by atoms with Crippen molar-refractivity contribution >= 4 is 16.8 Å². The van der Waals surface area contributed by atoms with E-state index in [-0.39, 0.29) is 5.78 Å². The molecule has 2 nitrogen and oxygen atoms in total. The van der Waals surface area contributed by atoms with E-state index in [4.69, 9.17) is 4.42 Å². The van der Waals surface area contributed by atoms with Crippen LogP contribution in [0.5, 0.6) is 0 Å². The molecule has 0 saturated carbocycles. The molecule has 0 N–H and O–H groups in total. The van der Waals surface area contributed by atoms with Gasteiger partial charge in [0.1, 0.15) is 5.58 Å². The summed E-state index contributed by atoms with van der Waals surface area (Å²) in [6.07, 6.45) is 1.67. The lowest BCUT2D eigenvalue weighted by Crippen LogP contribution is -1.95. The lowest BCUT2D eigenvalue weighted by atomic mass is 9.97. The normalized spacial score (nSPS) is 10.7. The Labute approximate surface area is 105 Å². The minimum Gasteiger partial charge on any atom is -0.464 e. The van der Waals surface area contributed by atoms with Crippen LogP contribution < -0.4 is 0 Å². The van der Waals surface area contributed by atoms with Crippen molar-refractivity contribution in [3.8, 4) is 11.1 Å². The van der Waals surface area contributed by atoms with Crippen molar-refractivity contribution in [3.63, 3.8) is 0 Å². The Morgan fingerprint density at radius 1 is 1.06 bits per heavy atom. The van der Waals surface area contributed by atoms with E-state index in [1.165, 1.54) is 0 Å². The SMILES string of the molecule is CC(=O)c1ccccc1-c1ccc2occc2c1. The fourth-order valence-corrected chi connectivity index (χ4v) is 2.18. The molecular formula is C16H12O2. The van der Waals surface area contributed by atoms with Crippen LogP contribution >= 0.6 is 0 Å². The Hall–Kier alpha value is -2.35. The number of rotatable bonds is 2. The Balaban J connectivity index is 2.22. The molecule has 0 aliphatic rings. The molecule has 0 radical (unpaired) electrons. The minimum absolute atomic E-state index is 0.0814. The first kappa shape index (κ1) is 10.8. The summed E-state index contributed by atoms with van der Waals surface area (Å²) in [6, 6.07) is 15.5. The lowest BCUT2D eigenvalue weighted by molar-refractivity contribution is 0.101. The molecule has 2 aromatic carbocycles. The van der Waals surface area contributed by atoms with Gasteiger partial charge in [0.15, 0.2) is 5.78 Å². The van der Waals surface area contributed by atoms with Gasteiger partial charge >= 0.3 is 0 Å². The highest BCUT2D eigenvalue weighted by atomic mass is 16.3. The van der Waals surface area contributed by atoms with E-state index in [1.807, 2.05) is 48.5 Å². The van der Waals surface area contributed by atoms with Crippen molar-refractivity contribution < 1.29 is 9.21 Å². The van der Waals surface area contributed by atoms with Crippen LogP contribution in [0.1, 0.15) is 17.3 Å². The molecule has 3 aromatic rings. The van der Waals surface area contributed by atoms with Crippen LogP contribution in [0, 0.1) is 0 Å². The molecule has 0 aliphatic carbocycles. The Morgan fingerprint density at radius 2 is 1.89 bits per heavy atom. The van der Waals surface area contributed by atoms with E-state index in [1.54, 1.807) is 13.2 Å². The van der Waals surface area contributed by atoms with Gasteiger partial charge in [-0.2, -0.15) is 0 Å². The molecule has 0 amide bonds. The van der Waals surface area contributed by atoms with Gasteiger partial charge in [-0.25, -0.2) is 0 Å². The third kappa shape index (κ3) is 1.72. The monoisotopic (exact) mass is 236 g/mol. The first-order valence-electron chi connectivity index (χ1n) is 5.83. The van der Waals surface area contributed by atoms with E-state index < -0.39 is 0 Å². The zero-order valence-electron chi connectivity index (χ0n) is 10.0. The van der Waals surface area contributed by atoms with Crippen LogP contribution in [0.25, 0.3) is 22.1 Å². The molecule has 0 spiro atoms. The van der Waals surface area contributed by atoms with Crippen LogP contribution in [0.2, 0.25) is 0 Å². The smallest absolute Gasteiger partial charge is 0.160 e. The van der Waals surface area contributed by atoms with Crippen LogP contribution in [-0.2, 0) is 0 Å². The van der Waals surface area contributed by atoms with Crippen molar-refractivity contribution in [2.24, 2.45) is 0 Å². The molecule has 3 rings (SSSR count). The topological polar surface area (TPSA) is 30.2 Å². The molecule has 0 atom stereocenters. The van der Waals surface area contributed by atoms with E-state index >= 15 is 0 Å². The van der Waals surface area contributed by atoms with Gasteiger partial charge in [-0.1, -0.05) is 30.3 Å². The highest BCUT2D eigenvalue weighted by molar-refractivity contribution is 6.01. The standard InChI is InChI=1S/C16H12O2/c1-11(17)14-4-2-3-5-15(14)12-6-7-16-13(10-12)8-9-18-16/h2-10H,1H3. The summed E-state index contributed by atoms with van der Waals surface area (Å²) in [4.78, 5) is 11.6. The van der Waals surface area contributed by atoms with Gasteiger partial charge in [0.05, 0.1) is 6.26 Å². The van der Waals surface area contributed by atoms with Gasteiger partial charge in [-0.3, -0.25) is 4.79 Å². The largest absolute Gasteiger partial charge is 0.464 e. The van der Waals surface area contributed by atoms with Gasteiger partial charge in [-0.05, 0) is 36.2 Å². The van der Waals surface area contributed by atoms with Crippen LogP contribution in [-0.4, -0.2) is 5.78 Å². The first-order chi connectivity index (χ1) is 8.75. The number of furan rings is 1. The summed E-state index contributed by atoms with van der Waals surface area (Å²) in [5, 5.41) is 1.05. The van der Waals surface area contributed by atoms with E-state index in [9.17, 15) is 4.79 Å². The number of hydrogen-bond donors (Lipinski definition) is 0. The lowest BCUT2D eigenvalue weighted by Gasteiger charge is -2.06. The van der Waals surface area contributed by atoms with Crippen LogP contribution in [0.15, 0.2) is 59.2 Å².